The molecule has 1 aliphatic rings. The summed E-state index contributed by atoms with van der Waals surface area (Å²) in [4.78, 5) is 19.4. The highest BCUT2D eigenvalue weighted by molar-refractivity contribution is 5.89. The third kappa shape index (κ3) is 5.67. The lowest BCUT2D eigenvalue weighted by Gasteiger charge is -2.13. The van der Waals surface area contributed by atoms with Crippen LogP contribution >= 0.6 is 0 Å². The fraction of sp³-hybridized carbons (Fsp3) is 0.227. The number of hydrogen-bond acceptors (Lipinski definition) is 7. The Morgan fingerprint density at radius 3 is 2.68 bits per heavy atom. The second-order valence-electron chi connectivity index (χ2n) is 7.03. The van der Waals surface area contributed by atoms with E-state index in [1.807, 2.05) is 24.3 Å². The second-order valence-corrected chi connectivity index (χ2v) is 7.03. The van der Waals surface area contributed by atoms with Crippen molar-refractivity contribution in [3.8, 4) is 5.75 Å². The molecule has 2 aromatic carbocycles. The van der Waals surface area contributed by atoms with E-state index in [-0.39, 0.29) is 23.8 Å². The maximum Gasteiger partial charge on any atom is 0.229 e. The molecule has 0 bridgehead atoms. The van der Waals surface area contributed by atoms with Crippen LogP contribution < -0.4 is 20.7 Å². The summed E-state index contributed by atoms with van der Waals surface area (Å²) in [6, 6.07) is 14.3. The van der Waals surface area contributed by atoms with Gasteiger partial charge in [-0.3, -0.25) is 4.79 Å². The van der Waals surface area contributed by atoms with Crippen LogP contribution in [0.25, 0.3) is 0 Å². The first kappa shape index (κ1) is 20.5. The monoisotopic (exact) mass is 423 g/mol. The summed E-state index contributed by atoms with van der Waals surface area (Å²) in [7, 11) is 0. The standard InChI is InChI=1S/C22H22FN5O3/c1-14(29)25-16-3-2-4-17(11-16)26-21-20(23)12-24-22(28-21)27-15-5-7-18(8-6-15)31-19-9-10-30-13-19/h2-8,11-12,19H,9-10,13H2,1H3,(H,25,29)(H2,24,26,27,28)/t19-/m1/s1. The molecule has 0 spiro atoms. The first-order chi connectivity index (χ1) is 15.0. The Hall–Kier alpha value is -3.72. The van der Waals surface area contributed by atoms with Crippen molar-refractivity contribution in [1.82, 2.24) is 9.97 Å². The average Bonchev–Trinajstić information content (AvgIpc) is 3.25. The van der Waals surface area contributed by atoms with Crippen molar-refractivity contribution in [2.24, 2.45) is 0 Å². The van der Waals surface area contributed by atoms with E-state index in [9.17, 15) is 9.18 Å². The van der Waals surface area contributed by atoms with Gasteiger partial charge in [0.15, 0.2) is 11.6 Å². The van der Waals surface area contributed by atoms with Gasteiger partial charge in [-0.2, -0.15) is 4.98 Å². The maximum absolute atomic E-state index is 14.2. The predicted octanol–water partition coefficient (Wildman–Crippen LogP) is 4.23. The quantitative estimate of drug-likeness (QED) is 0.523. The minimum absolute atomic E-state index is 0.0126. The van der Waals surface area contributed by atoms with Crippen LogP contribution in [0.15, 0.2) is 54.7 Å². The Balaban J connectivity index is 1.43. The molecule has 2 heterocycles. The molecule has 4 rings (SSSR count). The molecular weight excluding hydrogens is 401 g/mol. The van der Waals surface area contributed by atoms with Crippen LogP contribution in [-0.2, 0) is 9.53 Å². The van der Waals surface area contributed by atoms with E-state index >= 15 is 0 Å². The van der Waals surface area contributed by atoms with E-state index in [1.165, 1.54) is 6.92 Å². The lowest BCUT2D eigenvalue weighted by molar-refractivity contribution is -0.114. The van der Waals surface area contributed by atoms with Crippen LogP contribution in [0, 0.1) is 5.82 Å². The zero-order valence-electron chi connectivity index (χ0n) is 16.9. The van der Waals surface area contributed by atoms with E-state index in [4.69, 9.17) is 9.47 Å². The number of hydrogen-bond donors (Lipinski definition) is 3. The lowest BCUT2D eigenvalue weighted by atomic mass is 10.2. The van der Waals surface area contributed by atoms with Gasteiger partial charge in [-0.25, -0.2) is 9.37 Å². The number of carbonyl (C=O) groups is 1. The van der Waals surface area contributed by atoms with Gasteiger partial charge in [0.2, 0.25) is 11.9 Å². The molecule has 1 aromatic heterocycles. The number of amides is 1. The van der Waals surface area contributed by atoms with Crippen LogP contribution in [-0.4, -0.2) is 35.2 Å². The summed E-state index contributed by atoms with van der Waals surface area (Å²) < 4.78 is 25.4. The normalized spacial score (nSPS) is 15.4. The SMILES string of the molecule is CC(=O)Nc1cccc(Nc2nc(Nc3ccc(O[C@@H]4CCOC4)cc3)ncc2F)c1. The molecule has 0 aliphatic carbocycles. The Morgan fingerprint density at radius 2 is 1.94 bits per heavy atom. The number of carbonyl (C=O) groups excluding carboxylic acids is 1. The summed E-state index contributed by atoms with van der Waals surface area (Å²) in [6.45, 7) is 2.75. The minimum atomic E-state index is -0.599. The number of benzene rings is 2. The first-order valence-electron chi connectivity index (χ1n) is 9.84. The molecule has 0 saturated carbocycles. The number of ether oxygens (including phenoxy) is 2. The van der Waals surface area contributed by atoms with Gasteiger partial charge in [0.25, 0.3) is 0 Å². The molecule has 1 atom stereocenters. The van der Waals surface area contributed by atoms with Crippen molar-refractivity contribution in [1.29, 1.82) is 0 Å². The third-order valence-corrected chi connectivity index (χ3v) is 4.49. The van der Waals surface area contributed by atoms with Gasteiger partial charge in [-0.15, -0.1) is 0 Å². The topological polar surface area (TPSA) is 97.4 Å². The lowest BCUT2D eigenvalue weighted by Crippen LogP contribution is -2.15. The largest absolute Gasteiger partial charge is 0.488 e. The highest BCUT2D eigenvalue weighted by Crippen LogP contribution is 2.24. The minimum Gasteiger partial charge on any atom is -0.488 e. The van der Waals surface area contributed by atoms with Crippen LogP contribution in [0.4, 0.5) is 33.2 Å². The molecule has 1 saturated heterocycles. The molecule has 3 N–H and O–H groups in total. The molecule has 8 nitrogen and oxygen atoms in total. The molecule has 1 fully saturated rings. The number of nitrogens with one attached hydrogen (secondary N) is 3. The van der Waals surface area contributed by atoms with Crippen LogP contribution in [0.3, 0.4) is 0 Å². The van der Waals surface area contributed by atoms with Crippen molar-refractivity contribution in [2.45, 2.75) is 19.4 Å². The summed E-state index contributed by atoms with van der Waals surface area (Å²) >= 11 is 0. The van der Waals surface area contributed by atoms with E-state index in [0.29, 0.717) is 18.0 Å². The van der Waals surface area contributed by atoms with Crippen LogP contribution in [0.5, 0.6) is 5.75 Å². The van der Waals surface area contributed by atoms with Gasteiger partial charge in [0, 0.05) is 30.4 Å². The van der Waals surface area contributed by atoms with Crippen LogP contribution in [0.1, 0.15) is 13.3 Å². The van der Waals surface area contributed by atoms with E-state index in [2.05, 4.69) is 25.9 Å². The van der Waals surface area contributed by atoms with Gasteiger partial charge in [0.05, 0.1) is 19.4 Å². The molecule has 160 valence electrons. The molecule has 1 aliphatic heterocycles. The molecular formula is C22H22FN5O3. The number of anilines is 5. The van der Waals surface area contributed by atoms with Gasteiger partial charge >= 0.3 is 0 Å². The Bertz CT molecular complexity index is 1060. The van der Waals surface area contributed by atoms with Gasteiger partial charge in [-0.05, 0) is 42.5 Å². The second kappa shape index (κ2) is 9.40. The first-order valence-corrected chi connectivity index (χ1v) is 9.84. The predicted molar refractivity (Wildman–Crippen MR) is 116 cm³/mol. The Labute approximate surface area is 178 Å². The zero-order chi connectivity index (χ0) is 21.6. The fourth-order valence-electron chi connectivity index (χ4n) is 3.07. The summed E-state index contributed by atoms with van der Waals surface area (Å²) in [6.07, 6.45) is 2.05. The van der Waals surface area contributed by atoms with E-state index in [1.54, 1.807) is 24.3 Å². The Kier molecular flexibility index (Phi) is 6.23. The summed E-state index contributed by atoms with van der Waals surface area (Å²) in [5.74, 6) is 0.212. The highest BCUT2D eigenvalue weighted by Gasteiger charge is 2.17. The number of aromatic nitrogens is 2. The fourth-order valence-corrected chi connectivity index (χ4v) is 3.07. The Morgan fingerprint density at radius 1 is 1.13 bits per heavy atom. The molecule has 9 heteroatoms. The molecule has 3 aromatic rings. The van der Waals surface area contributed by atoms with Gasteiger partial charge in [-0.1, -0.05) is 6.07 Å². The summed E-state index contributed by atoms with van der Waals surface area (Å²) in [5, 5.41) is 8.64. The van der Waals surface area contributed by atoms with Crippen molar-refractivity contribution < 1.29 is 18.7 Å². The van der Waals surface area contributed by atoms with E-state index in [0.717, 1.165) is 30.7 Å². The highest BCUT2D eigenvalue weighted by atomic mass is 19.1. The smallest absolute Gasteiger partial charge is 0.229 e. The van der Waals surface area contributed by atoms with Gasteiger partial charge < -0.3 is 25.4 Å². The molecule has 0 unspecified atom stereocenters. The van der Waals surface area contributed by atoms with Crippen molar-refractivity contribution in [2.75, 3.05) is 29.2 Å². The van der Waals surface area contributed by atoms with Crippen molar-refractivity contribution in [3.63, 3.8) is 0 Å². The maximum atomic E-state index is 14.2. The summed E-state index contributed by atoms with van der Waals surface area (Å²) in [5.41, 5.74) is 1.91. The number of halogens is 1. The number of rotatable bonds is 7. The van der Waals surface area contributed by atoms with Gasteiger partial charge in [0.1, 0.15) is 11.9 Å². The average molecular weight is 423 g/mol. The van der Waals surface area contributed by atoms with E-state index < -0.39 is 5.82 Å². The zero-order valence-corrected chi connectivity index (χ0v) is 16.9. The van der Waals surface area contributed by atoms with Crippen LogP contribution in [0.2, 0.25) is 0 Å². The molecule has 31 heavy (non-hydrogen) atoms. The number of nitrogens with zero attached hydrogens (tertiary/aromatic N) is 2. The molecule has 0 radical (unpaired) electrons. The molecule has 1 amide bonds. The van der Waals surface area contributed by atoms with Crippen molar-refractivity contribution in [3.05, 3.63) is 60.5 Å². The third-order valence-electron chi connectivity index (χ3n) is 4.49. The van der Waals surface area contributed by atoms with Crippen molar-refractivity contribution >= 4 is 34.7 Å².